The van der Waals surface area contributed by atoms with Gasteiger partial charge in [0.05, 0.1) is 6.54 Å². The van der Waals surface area contributed by atoms with Crippen molar-refractivity contribution in [3.05, 3.63) is 59.9 Å². The molecule has 0 aromatic heterocycles. The van der Waals surface area contributed by atoms with Crippen LogP contribution in [0.3, 0.4) is 0 Å². The van der Waals surface area contributed by atoms with E-state index < -0.39 is 0 Å². The first kappa shape index (κ1) is 20.5. The van der Waals surface area contributed by atoms with Crippen LogP contribution in [0.15, 0.2) is 48.5 Å². The van der Waals surface area contributed by atoms with E-state index in [1.807, 2.05) is 30.3 Å². The van der Waals surface area contributed by atoms with Crippen LogP contribution in [0, 0.1) is 11.7 Å². The Morgan fingerprint density at radius 2 is 1.87 bits per heavy atom. The molecule has 30 heavy (non-hydrogen) atoms. The maximum Gasteiger partial charge on any atom is 0.238 e. The Morgan fingerprint density at radius 1 is 1.07 bits per heavy atom. The number of amides is 2. The summed E-state index contributed by atoms with van der Waals surface area (Å²) < 4.78 is 13.4. The second kappa shape index (κ2) is 9.39. The van der Waals surface area contributed by atoms with Gasteiger partial charge in [-0.3, -0.25) is 14.5 Å². The molecular weight excluding hydrogens is 381 g/mol. The van der Waals surface area contributed by atoms with E-state index in [4.69, 9.17) is 0 Å². The number of hydrogen-bond donors (Lipinski definition) is 1. The zero-order chi connectivity index (χ0) is 20.9. The molecule has 4 rings (SSSR count). The molecule has 2 fully saturated rings. The van der Waals surface area contributed by atoms with Gasteiger partial charge in [0.25, 0.3) is 0 Å². The lowest BCUT2D eigenvalue weighted by atomic mass is 9.90. The molecule has 0 unspecified atom stereocenters. The van der Waals surface area contributed by atoms with Crippen molar-refractivity contribution in [3.63, 3.8) is 0 Å². The molecule has 6 heteroatoms. The fraction of sp³-hybridized carbons (Fsp3) is 0.417. The van der Waals surface area contributed by atoms with Gasteiger partial charge in [0, 0.05) is 24.3 Å². The quantitative estimate of drug-likeness (QED) is 0.789. The summed E-state index contributed by atoms with van der Waals surface area (Å²) in [5, 5.41) is 2.96. The third-order valence-corrected chi connectivity index (χ3v) is 6.00. The lowest BCUT2D eigenvalue weighted by molar-refractivity contribution is -0.118. The normalized spacial score (nSPS) is 18.0. The van der Waals surface area contributed by atoms with Crippen LogP contribution in [-0.4, -0.2) is 42.9 Å². The highest BCUT2D eigenvalue weighted by Gasteiger charge is 2.23. The highest BCUT2D eigenvalue weighted by atomic mass is 19.1. The fourth-order valence-corrected chi connectivity index (χ4v) is 4.42. The second-order valence-electron chi connectivity index (χ2n) is 8.30. The van der Waals surface area contributed by atoms with Gasteiger partial charge < -0.3 is 10.2 Å². The molecule has 2 aromatic carbocycles. The van der Waals surface area contributed by atoms with E-state index in [1.54, 1.807) is 17.0 Å². The summed E-state index contributed by atoms with van der Waals surface area (Å²) in [5.74, 6) is 0.448. The highest BCUT2D eigenvalue weighted by Crippen LogP contribution is 2.25. The summed E-state index contributed by atoms with van der Waals surface area (Å²) in [6.07, 6.45) is 4.38. The number of likely N-dealkylation sites (tertiary alicyclic amines) is 1. The van der Waals surface area contributed by atoms with Crippen LogP contribution < -0.4 is 10.2 Å². The van der Waals surface area contributed by atoms with Crippen molar-refractivity contribution in [2.45, 2.75) is 32.1 Å². The molecule has 0 radical (unpaired) electrons. The maximum absolute atomic E-state index is 13.4. The average molecular weight is 410 g/mol. The summed E-state index contributed by atoms with van der Waals surface area (Å²) in [7, 11) is 0. The predicted molar refractivity (Wildman–Crippen MR) is 116 cm³/mol. The van der Waals surface area contributed by atoms with Crippen LogP contribution in [0.5, 0.6) is 0 Å². The molecule has 0 aliphatic carbocycles. The molecule has 2 heterocycles. The molecule has 0 bridgehead atoms. The van der Waals surface area contributed by atoms with Crippen molar-refractivity contribution in [1.29, 1.82) is 0 Å². The van der Waals surface area contributed by atoms with Gasteiger partial charge in [-0.25, -0.2) is 4.39 Å². The summed E-state index contributed by atoms with van der Waals surface area (Å²) in [6, 6.07) is 14.3. The molecule has 2 aliphatic heterocycles. The van der Waals surface area contributed by atoms with Gasteiger partial charge in [-0.15, -0.1) is 0 Å². The largest absolute Gasteiger partial charge is 0.325 e. The lowest BCUT2D eigenvalue weighted by Gasteiger charge is -2.31. The van der Waals surface area contributed by atoms with Crippen molar-refractivity contribution in [1.82, 2.24) is 4.90 Å². The summed E-state index contributed by atoms with van der Waals surface area (Å²) in [5.41, 5.74) is 2.61. The second-order valence-corrected chi connectivity index (χ2v) is 8.30. The molecule has 0 spiro atoms. The molecule has 0 saturated carbocycles. The number of benzene rings is 2. The number of halogens is 1. The fourth-order valence-electron chi connectivity index (χ4n) is 4.42. The Labute approximate surface area is 176 Å². The van der Waals surface area contributed by atoms with Crippen molar-refractivity contribution >= 4 is 23.2 Å². The molecule has 2 amide bonds. The molecule has 0 atom stereocenters. The highest BCUT2D eigenvalue weighted by molar-refractivity contribution is 5.97. The maximum atomic E-state index is 13.4. The third kappa shape index (κ3) is 5.25. The van der Waals surface area contributed by atoms with E-state index in [0.717, 1.165) is 62.3 Å². The van der Waals surface area contributed by atoms with Crippen molar-refractivity contribution in [2.75, 3.05) is 36.4 Å². The number of anilines is 2. The first-order chi connectivity index (χ1) is 14.6. The Bertz CT molecular complexity index is 909. The minimum absolute atomic E-state index is 0.0384. The first-order valence-corrected chi connectivity index (χ1v) is 10.7. The average Bonchev–Trinajstić information content (AvgIpc) is 3.16. The van der Waals surface area contributed by atoms with Gasteiger partial charge >= 0.3 is 0 Å². The molecule has 2 aromatic rings. The van der Waals surface area contributed by atoms with E-state index in [2.05, 4.69) is 10.2 Å². The number of carbonyl (C=O) groups excluding carboxylic acids is 2. The van der Waals surface area contributed by atoms with Gasteiger partial charge in [-0.2, -0.15) is 0 Å². The van der Waals surface area contributed by atoms with Gasteiger partial charge in [0.15, 0.2) is 0 Å². The monoisotopic (exact) mass is 409 g/mol. The Balaban J connectivity index is 1.25. The number of nitrogens with one attached hydrogen (secondary N) is 1. The minimum Gasteiger partial charge on any atom is -0.325 e. The van der Waals surface area contributed by atoms with Crippen LogP contribution >= 0.6 is 0 Å². The van der Waals surface area contributed by atoms with Gasteiger partial charge in [-0.05, 0) is 80.6 Å². The topological polar surface area (TPSA) is 52.7 Å². The zero-order valence-electron chi connectivity index (χ0n) is 17.1. The van der Waals surface area contributed by atoms with Crippen molar-refractivity contribution in [3.8, 4) is 0 Å². The first-order valence-electron chi connectivity index (χ1n) is 10.7. The number of piperidine rings is 1. The molecule has 2 saturated heterocycles. The van der Waals surface area contributed by atoms with Crippen molar-refractivity contribution < 1.29 is 14.0 Å². The van der Waals surface area contributed by atoms with E-state index in [1.165, 1.54) is 6.07 Å². The Morgan fingerprint density at radius 3 is 2.60 bits per heavy atom. The van der Waals surface area contributed by atoms with Crippen molar-refractivity contribution in [2.24, 2.45) is 5.92 Å². The summed E-state index contributed by atoms with van der Waals surface area (Å²) >= 11 is 0. The van der Waals surface area contributed by atoms with Crippen LogP contribution in [0.25, 0.3) is 0 Å². The standard InChI is InChI=1S/C24H28FN3O2/c25-20-5-1-4-19(15-20)14-18-9-12-27(13-10-18)17-23(29)26-21-6-2-7-22(16-21)28-11-3-8-24(28)30/h1-2,4-7,15-16,18H,3,8-14,17H2,(H,26,29). The smallest absolute Gasteiger partial charge is 0.238 e. The van der Waals surface area contributed by atoms with E-state index in [9.17, 15) is 14.0 Å². The predicted octanol–water partition coefficient (Wildman–Crippen LogP) is 3.85. The third-order valence-electron chi connectivity index (χ3n) is 6.00. The molecule has 5 nitrogen and oxygen atoms in total. The van der Waals surface area contributed by atoms with E-state index in [-0.39, 0.29) is 17.6 Å². The molecule has 1 N–H and O–H groups in total. The van der Waals surface area contributed by atoms with Crippen LogP contribution in [0.4, 0.5) is 15.8 Å². The number of carbonyl (C=O) groups is 2. The number of hydrogen-bond acceptors (Lipinski definition) is 3. The molecule has 2 aliphatic rings. The van der Waals surface area contributed by atoms with E-state index in [0.29, 0.717) is 18.9 Å². The minimum atomic E-state index is -0.181. The van der Waals surface area contributed by atoms with Gasteiger partial charge in [0.1, 0.15) is 5.82 Å². The van der Waals surface area contributed by atoms with Crippen LogP contribution in [-0.2, 0) is 16.0 Å². The summed E-state index contributed by atoms with van der Waals surface area (Å²) in [6.45, 7) is 2.84. The van der Waals surface area contributed by atoms with Crippen LogP contribution in [0.1, 0.15) is 31.2 Å². The van der Waals surface area contributed by atoms with Gasteiger partial charge in [-0.1, -0.05) is 18.2 Å². The molecule has 158 valence electrons. The van der Waals surface area contributed by atoms with E-state index >= 15 is 0 Å². The number of nitrogens with zero attached hydrogens (tertiary/aromatic N) is 2. The molecular formula is C24H28FN3O2. The van der Waals surface area contributed by atoms with Gasteiger partial charge in [0.2, 0.25) is 11.8 Å². The summed E-state index contributed by atoms with van der Waals surface area (Å²) in [4.78, 5) is 28.4. The lowest BCUT2D eigenvalue weighted by Crippen LogP contribution is -2.39. The van der Waals surface area contributed by atoms with Crippen LogP contribution in [0.2, 0.25) is 0 Å². The Hall–Kier alpha value is -2.73. The SMILES string of the molecule is O=C(CN1CCC(Cc2cccc(F)c2)CC1)Nc1cccc(N2CCCC2=O)c1. The number of rotatable bonds is 6. The zero-order valence-corrected chi connectivity index (χ0v) is 17.1. The Kier molecular flexibility index (Phi) is 6.43.